The monoisotopic (exact) mass is 276 g/mol. The van der Waals surface area contributed by atoms with Crippen molar-refractivity contribution in [3.05, 3.63) is 0 Å². The van der Waals surface area contributed by atoms with Gasteiger partial charge in [-0.15, -0.1) is 0 Å². The molecule has 0 unspecified atom stereocenters. The Balaban J connectivity index is -0.000000720. The van der Waals surface area contributed by atoms with Crippen molar-refractivity contribution in [2.75, 3.05) is 0 Å². The van der Waals surface area contributed by atoms with Gasteiger partial charge in [0.15, 0.2) is 0 Å². The molecule has 7 nitrogen and oxygen atoms in total. The molecule has 0 amide bonds. The Morgan fingerprint density at radius 1 is 1.00 bits per heavy atom. The van der Waals surface area contributed by atoms with Gasteiger partial charge >= 0.3 is 49.0 Å². The SMILES string of the molecule is O=C([O-])CC(O)(CC(=O)[O-])C(=O)[O-].[Na+].[Zn+2]. The van der Waals surface area contributed by atoms with Gasteiger partial charge in [-0.05, 0) is 0 Å². The third-order valence-corrected chi connectivity index (χ3v) is 1.25. The molecule has 0 aliphatic carbocycles. The third kappa shape index (κ3) is 7.87. The predicted molar refractivity (Wildman–Crippen MR) is 29.2 cm³/mol. The van der Waals surface area contributed by atoms with Gasteiger partial charge in [0, 0.05) is 24.8 Å². The molecule has 0 fully saturated rings. The molecule has 0 radical (unpaired) electrons. The first-order valence-corrected chi connectivity index (χ1v) is 3.11. The van der Waals surface area contributed by atoms with Crippen molar-refractivity contribution in [2.45, 2.75) is 18.4 Å². The van der Waals surface area contributed by atoms with Crippen molar-refractivity contribution in [3.8, 4) is 0 Å². The quantitative estimate of drug-likeness (QED) is 0.492. The molecule has 9 heteroatoms. The number of hydrogen-bond donors (Lipinski definition) is 1. The molecule has 0 aliphatic heterocycles. The summed E-state index contributed by atoms with van der Waals surface area (Å²) in [5, 5.41) is 38.9. The largest absolute Gasteiger partial charge is 2.00 e. The Hall–Kier alpha value is -0.00662. The molecule has 1 N–H and O–H groups in total. The first kappa shape index (κ1) is 20.4. The second kappa shape index (κ2) is 8.18. The summed E-state index contributed by atoms with van der Waals surface area (Å²) in [6.07, 6.45) is -2.72. The van der Waals surface area contributed by atoms with Gasteiger partial charge in [0.05, 0.1) is 5.97 Å². The van der Waals surface area contributed by atoms with E-state index in [1.807, 2.05) is 0 Å². The average Bonchev–Trinajstić information content (AvgIpc) is 1.82. The number of carbonyl (C=O) groups excluding carboxylic acids is 3. The molecule has 0 atom stereocenters. The first-order valence-electron chi connectivity index (χ1n) is 3.11. The second-order valence-electron chi connectivity index (χ2n) is 2.42. The molecule has 0 rings (SSSR count). The average molecular weight is 277 g/mol. The normalized spacial score (nSPS) is 9.40. The van der Waals surface area contributed by atoms with Gasteiger partial charge in [0.2, 0.25) is 0 Å². The van der Waals surface area contributed by atoms with Crippen molar-refractivity contribution in [1.29, 1.82) is 0 Å². The van der Waals surface area contributed by atoms with E-state index < -0.39 is 36.4 Å². The zero-order valence-electron chi connectivity index (χ0n) is 8.02. The maximum absolute atomic E-state index is 10.1. The van der Waals surface area contributed by atoms with Crippen LogP contribution in [0.5, 0.6) is 0 Å². The maximum atomic E-state index is 10.1. The van der Waals surface area contributed by atoms with Crippen LogP contribution >= 0.6 is 0 Å². The molecule has 74 valence electrons. The van der Waals surface area contributed by atoms with Gasteiger partial charge in [-0.25, -0.2) is 0 Å². The number of hydrogen-bond acceptors (Lipinski definition) is 7. The minimum absolute atomic E-state index is 0. The Bertz CT molecular complexity index is 238. The van der Waals surface area contributed by atoms with Crippen molar-refractivity contribution < 1.29 is 83.8 Å². The van der Waals surface area contributed by atoms with Crippen LogP contribution in [0, 0.1) is 0 Å². The van der Waals surface area contributed by atoms with Crippen LogP contribution < -0.4 is 44.9 Å². The molecule has 0 bridgehead atoms. The summed E-state index contributed by atoms with van der Waals surface area (Å²) >= 11 is 0. The van der Waals surface area contributed by atoms with Crippen molar-refractivity contribution >= 4 is 17.9 Å². The summed E-state index contributed by atoms with van der Waals surface area (Å²) in [6, 6.07) is 0. The Labute approximate surface area is 120 Å². The summed E-state index contributed by atoms with van der Waals surface area (Å²) in [5.41, 5.74) is -2.97. The van der Waals surface area contributed by atoms with Gasteiger partial charge in [-0.1, -0.05) is 0 Å². The van der Waals surface area contributed by atoms with Crippen LogP contribution in [0.15, 0.2) is 0 Å². The van der Waals surface area contributed by atoms with Gasteiger partial charge in [0.25, 0.3) is 0 Å². The van der Waals surface area contributed by atoms with E-state index in [0.717, 1.165) is 0 Å². The summed E-state index contributed by atoms with van der Waals surface area (Å²) in [7, 11) is 0. The van der Waals surface area contributed by atoms with Crippen LogP contribution in [-0.4, -0.2) is 28.6 Å². The van der Waals surface area contributed by atoms with E-state index in [4.69, 9.17) is 5.11 Å². The molecule has 0 aliphatic rings. The number of carboxylic acid groups (broad SMARTS) is 3. The van der Waals surface area contributed by atoms with Crippen LogP contribution in [0.2, 0.25) is 0 Å². The number of carboxylic acids is 3. The Morgan fingerprint density at radius 2 is 1.27 bits per heavy atom. The van der Waals surface area contributed by atoms with Crippen molar-refractivity contribution in [2.24, 2.45) is 0 Å². The topological polar surface area (TPSA) is 141 Å². The first-order chi connectivity index (χ1) is 5.78. The van der Waals surface area contributed by atoms with E-state index >= 15 is 0 Å². The fraction of sp³-hybridized carbons (Fsp3) is 0.500. The van der Waals surface area contributed by atoms with Crippen LogP contribution in [0.25, 0.3) is 0 Å². The van der Waals surface area contributed by atoms with E-state index in [0.29, 0.717) is 0 Å². The fourth-order valence-corrected chi connectivity index (χ4v) is 0.684. The Kier molecular flexibility index (Phi) is 11.1. The van der Waals surface area contributed by atoms with E-state index in [1.165, 1.54) is 0 Å². The summed E-state index contributed by atoms with van der Waals surface area (Å²) < 4.78 is 0. The summed E-state index contributed by atoms with van der Waals surface area (Å²) in [4.78, 5) is 30.0. The maximum Gasteiger partial charge on any atom is 2.00 e. The van der Waals surface area contributed by atoms with E-state index in [1.54, 1.807) is 0 Å². The van der Waals surface area contributed by atoms with E-state index in [2.05, 4.69) is 0 Å². The minimum atomic E-state index is -2.97. The molecule has 0 saturated heterocycles. The van der Waals surface area contributed by atoms with E-state index in [-0.39, 0.29) is 49.0 Å². The standard InChI is InChI=1S/C6H8O7.Na.Zn/c7-3(8)1-6(13,5(11)12)2-4(9)10;;/h13H,1-2H2,(H,7,8)(H,9,10)(H,11,12);;/q;+1;+2/p-3. The van der Waals surface area contributed by atoms with Crippen LogP contribution in [0.4, 0.5) is 0 Å². The van der Waals surface area contributed by atoms with Crippen molar-refractivity contribution in [1.82, 2.24) is 0 Å². The molecule has 0 heterocycles. The molecule has 0 aromatic heterocycles. The number of rotatable bonds is 5. The van der Waals surface area contributed by atoms with E-state index in [9.17, 15) is 29.7 Å². The molecule has 0 spiro atoms. The zero-order chi connectivity index (χ0) is 10.6. The Morgan fingerprint density at radius 3 is 1.40 bits per heavy atom. The molecule has 0 aromatic carbocycles. The minimum Gasteiger partial charge on any atom is -0.550 e. The molecule has 15 heavy (non-hydrogen) atoms. The van der Waals surface area contributed by atoms with Crippen molar-refractivity contribution in [3.63, 3.8) is 0 Å². The van der Waals surface area contributed by atoms with Gasteiger partial charge < -0.3 is 34.8 Å². The van der Waals surface area contributed by atoms with Crippen LogP contribution in [-0.2, 0) is 33.9 Å². The number of carbonyl (C=O) groups is 3. The fourth-order valence-electron chi connectivity index (χ4n) is 0.684. The smallest absolute Gasteiger partial charge is 0.550 e. The van der Waals surface area contributed by atoms with Crippen LogP contribution in [0.1, 0.15) is 12.8 Å². The summed E-state index contributed by atoms with van der Waals surface area (Å²) in [5.74, 6) is -5.98. The predicted octanol–water partition coefficient (Wildman–Crippen LogP) is -8.25. The van der Waals surface area contributed by atoms with Gasteiger partial charge in [-0.2, -0.15) is 0 Å². The zero-order valence-corrected chi connectivity index (χ0v) is 13.0. The molecule has 0 aromatic rings. The molecule has 0 saturated carbocycles. The molecular formula is C6H5NaO7Zn. The summed E-state index contributed by atoms with van der Waals surface area (Å²) in [6.45, 7) is 0. The molecular weight excluding hydrogens is 272 g/mol. The number of aliphatic carboxylic acids is 3. The third-order valence-electron chi connectivity index (χ3n) is 1.25. The second-order valence-corrected chi connectivity index (χ2v) is 2.42. The van der Waals surface area contributed by atoms with Crippen LogP contribution in [0.3, 0.4) is 0 Å². The van der Waals surface area contributed by atoms with Gasteiger partial charge in [-0.3, -0.25) is 0 Å². The number of aliphatic hydroxyl groups is 1. The van der Waals surface area contributed by atoms with Gasteiger partial charge in [0.1, 0.15) is 5.60 Å².